The molecule has 4 aliphatic carbocycles. The fraction of sp³-hybridized carbons (Fsp3) is 0.545. The van der Waals surface area contributed by atoms with Crippen molar-refractivity contribution >= 4 is 18.0 Å². The minimum absolute atomic E-state index is 0.252. The van der Waals surface area contributed by atoms with Crippen molar-refractivity contribution in [2.24, 2.45) is 23.2 Å². The molecule has 0 saturated heterocycles. The second-order valence-electron chi connectivity index (χ2n) is 8.69. The molecule has 5 heteroatoms. The zero-order chi connectivity index (χ0) is 18.9. The van der Waals surface area contributed by atoms with Gasteiger partial charge in [0.25, 0.3) is 5.91 Å². The number of halogens is 1. The molecule has 1 aromatic rings. The van der Waals surface area contributed by atoms with Crippen LogP contribution < -0.4 is 5.32 Å². The molecule has 0 aliphatic heterocycles. The number of esters is 1. The van der Waals surface area contributed by atoms with E-state index >= 15 is 0 Å². The number of hydrogen-bond donors (Lipinski definition) is 1. The molecular formula is C22H26FNO3. The van der Waals surface area contributed by atoms with Crippen LogP contribution in [0.4, 0.5) is 4.39 Å². The van der Waals surface area contributed by atoms with Crippen molar-refractivity contribution in [2.75, 3.05) is 13.2 Å². The van der Waals surface area contributed by atoms with Crippen LogP contribution in [0.25, 0.3) is 6.08 Å². The Kier molecular flexibility index (Phi) is 5.02. The molecular weight excluding hydrogens is 345 g/mol. The van der Waals surface area contributed by atoms with E-state index in [1.807, 2.05) is 0 Å². The first-order chi connectivity index (χ1) is 13.0. The van der Waals surface area contributed by atoms with Crippen molar-refractivity contribution in [3.05, 3.63) is 41.7 Å². The average Bonchev–Trinajstić information content (AvgIpc) is 2.62. The number of benzene rings is 1. The van der Waals surface area contributed by atoms with Crippen molar-refractivity contribution in [3.63, 3.8) is 0 Å². The fourth-order valence-corrected chi connectivity index (χ4v) is 5.80. The molecule has 27 heavy (non-hydrogen) atoms. The fourth-order valence-electron chi connectivity index (χ4n) is 5.80. The van der Waals surface area contributed by atoms with E-state index in [0.717, 1.165) is 17.8 Å². The van der Waals surface area contributed by atoms with Gasteiger partial charge in [-0.05, 0) is 85.5 Å². The number of carbonyl (C=O) groups excluding carboxylic acids is 2. The van der Waals surface area contributed by atoms with Crippen molar-refractivity contribution in [2.45, 2.75) is 38.5 Å². The van der Waals surface area contributed by atoms with Gasteiger partial charge in [0.2, 0.25) is 0 Å². The number of hydrogen-bond acceptors (Lipinski definition) is 3. The molecule has 0 aromatic heterocycles. The summed E-state index contributed by atoms with van der Waals surface area (Å²) in [6.07, 6.45) is 10.5. The Labute approximate surface area is 159 Å². The van der Waals surface area contributed by atoms with Gasteiger partial charge in [0.15, 0.2) is 6.61 Å². The first-order valence-electron chi connectivity index (χ1n) is 9.87. The Morgan fingerprint density at radius 1 is 1.15 bits per heavy atom. The number of amides is 1. The Bertz CT molecular complexity index is 722. The highest BCUT2D eigenvalue weighted by Crippen LogP contribution is 2.59. The topological polar surface area (TPSA) is 55.4 Å². The van der Waals surface area contributed by atoms with Crippen molar-refractivity contribution in [1.29, 1.82) is 0 Å². The molecule has 4 nitrogen and oxygen atoms in total. The lowest BCUT2D eigenvalue weighted by molar-refractivity contribution is -0.144. The molecule has 0 radical (unpaired) electrons. The van der Waals surface area contributed by atoms with Crippen molar-refractivity contribution in [1.82, 2.24) is 5.32 Å². The molecule has 5 rings (SSSR count). The first kappa shape index (κ1) is 18.2. The van der Waals surface area contributed by atoms with E-state index < -0.39 is 5.97 Å². The SMILES string of the molecule is O=C(COC(=O)/C=C/c1cccc(F)c1)NCC12CC3CC(CC(C3)C1)C2. The lowest BCUT2D eigenvalue weighted by atomic mass is 9.49. The van der Waals surface area contributed by atoms with E-state index in [-0.39, 0.29) is 23.7 Å². The number of rotatable bonds is 6. The normalized spacial score (nSPS) is 31.2. The van der Waals surface area contributed by atoms with E-state index in [2.05, 4.69) is 5.32 Å². The molecule has 4 saturated carbocycles. The van der Waals surface area contributed by atoms with Gasteiger partial charge >= 0.3 is 5.97 Å². The van der Waals surface area contributed by atoms with Crippen LogP contribution in [0.2, 0.25) is 0 Å². The predicted octanol–water partition coefficient (Wildman–Crippen LogP) is 3.71. The van der Waals surface area contributed by atoms with Gasteiger partial charge < -0.3 is 10.1 Å². The molecule has 4 aliphatic rings. The molecule has 0 spiro atoms. The van der Waals surface area contributed by atoms with Gasteiger partial charge in [-0.3, -0.25) is 4.79 Å². The Morgan fingerprint density at radius 3 is 2.44 bits per heavy atom. The zero-order valence-corrected chi connectivity index (χ0v) is 15.5. The lowest BCUT2D eigenvalue weighted by Crippen LogP contribution is -2.51. The van der Waals surface area contributed by atoms with Crippen LogP contribution in [0.5, 0.6) is 0 Å². The second-order valence-corrected chi connectivity index (χ2v) is 8.69. The van der Waals surface area contributed by atoms with Crippen molar-refractivity contribution in [3.8, 4) is 0 Å². The minimum atomic E-state index is -0.607. The Hall–Kier alpha value is -2.17. The standard InChI is InChI=1S/C22H26FNO3/c23-19-3-1-2-15(9-19)4-5-21(26)27-13-20(25)24-14-22-10-16-6-17(11-22)8-18(7-16)12-22/h1-5,9,16-18H,6-8,10-14H2,(H,24,25)/b5-4+. The van der Waals surface area contributed by atoms with Gasteiger partial charge in [-0.2, -0.15) is 0 Å². The first-order valence-corrected chi connectivity index (χ1v) is 9.87. The van der Waals surface area contributed by atoms with Gasteiger partial charge in [-0.15, -0.1) is 0 Å². The maximum atomic E-state index is 13.1. The highest BCUT2D eigenvalue weighted by atomic mass is 19.1. The summed E-state index contributed by atoms with van der Waals surface area (Å²) in [5, 5.41) is 2.99. The summed E-state index contributed by atoms with van der Waals surface area (Å²) in [4.78, 5) is 23.8. The summed E-state index contributed by atoms with van der Waals surface area (Å²) >= 11 is 0. The molecule has 0 heterocycles. The zero-order valence-electron chi connectivity index (χ0n) is 15.5. The van der Waals surface area contributed by atoms with Gasteiger partial charge in [0.05, 0.1) is 0 Å². The largest absolute Gasteiger partial charge is 0.452 e. The highest BCUT2D eigenvalue weighted by molar-refractivity contribution is 5.89. The summed E-state index contributed by atoms with van der Waals surface area (Å²) < 4.78 is 18.1. The number of ether oxygens (including phenoxy) is 1. The van der Waals surface area contributed by atoms with Crippen LogP contribution in [0.1, 0.15) is 44.1 Å². The molecule has 0 atom stereocenters. The van der Waals surface area contributed by atoms with E-state index in [9.17, 15) is 14.0 Å². The van der Waals surface area contributed by atoms with Crippen LogP contribution in [0.15, 0.2) is 30.3 Å². The number of nitrogens with one attached hydrogen (secondary N) is 1. The van der Waals surface area contributed by atoms with E-state index in [1.165, 1.54) is 62.8 Å². The van der Waals surface area contributed by atoms with Gasteiger partial charge in [-0.1, -0.05) is 12.1 Å². The third kappa shape index (κ3) is 4.40. The molecule has 1 N–H and O–H groups in total. The minimum Gasteiger partial charge on any atom is -0.452 e. The third-order valence-electron chi connectivity index (χ3n) is 6.43. The van der Waals surface area contributed by atoms with Crippen LogP contribution in [-0.4, -0.2) is 25.0 Å². The summed E-state index contributed by atoms with van der Waals surface area (Å²) in [5.74, 6) is 1.31. The molecule has 4 bridgehead atoms. The van der Waals surface area contributed by atoms with Gasteiger partial charge in [-0.25, -0.2) is 9.18 Å². The Balaban J connectivity index is 1.21. The predicted molar refractivity (Wildman–Crippen MR) is 100 cm³/mol. The maximum Gasteiger partial charge on any atom is 0.331 e. The molecule has 144 valence electrons. The lowest BCUT2D eigenvalue weighted by Gasteiger charge is -2.56. The van der Waals surface area contributed by atoms with Crippen LogP contribution >= 0.6 is 0 Å². The third-order valence-corrected chi connectivity index (χ3v) is 6.43. The van der Waals surface area contributed by atoms with Gasteiger partial charge in [0, 0.05) is 12.6 Å². The molecule has 1 aromatic carbocycles. The van der Waals surface area contributed by atoms with E-state index in [4.69, 9.17) is 4.74 Å². The number of carbonyl (C=O) groups is 2. The average molecular weight is 371 g/mol. The summed E-state index contributed by atoms with van der Waals surface area (Å²) in [5.41, 5.74) is 0.837. The molecule has 4 fully saturated rings. The van der Waals surface area contributed by atoms with E-state index in [1.54, 1.807) is 12.1 Å². The van der Waals surface area contributed by atoms with Crippen LogP contribution in [0.3, 0.4) is 0 Å². The summed E-state index contributed by atoms with van der Waals surface area (Å²) in [6, 6.07) is 5.91. The monoisotopic (exact) mass is 371 g/mol. The van der Waals surface area contributed by atoms with Crippen LogP contribution in [0, 0.1) is 29.0 Å². The quantitative estimate of drug-likeness (QED) is 0.613. The highest BCUT2D eigenvalue weighted by Gasteiger charge is 2.50. The summed E-state index contributed by atoms with van der Waals surface area (Å²) in [7, 11) is 0. The second kappa shape index (κ2) is 7.45. The maximum absolute atomic E-state index is 13.1. The molecule has 1 amide bonds. The van der Waals surface area contributed by atoms with Gasteiger partial charge in [0.1, 0.15) is 5.82 Å². The molecule has 0 unspecified atom stereocenters. The Morgan fingerprint density at radius 2 is 1.81 bits per heavy atom. The van der Waals surface area contributed by atoms with Crippen LogP contribution in [-0.2, 0) is 14.3 Å². The van der Waals surface area contributed by atoms with Crippen molar-refractivity contribution < 1.29 is 18.7 Å². The van der Waals surface area contributed by atoms with E-state index in [0.29, 0.717) is 12.1 Å². The smallest absolute Gasteiger partial charge is 0.331 e. The summed E-state index contributed by atoms with van der Waals surface area (Å²) in [6.45, 7) is 0.421.